The molecule has 2 rings (SSSR count). The second-order valence-corrected chi connectivity index (χ2v) is 5.11. The minimum Gasteiger partial charge on any atom is -0.504 e. The highest BCUT2D eigenvalue weighted by Crippen LogP contribution is 2.25. The zero-order valence-electron chi connectivity index (χ0n) is 12.4. The maximum atomic E-state index is 11.7. The molecule has 0 unspecified atom stereocenters. The maximum absolute atomic E-state index is 11.7. The van der Waals surface area contributed by atoms with Crippen molar-refractivity contribution in [2.75, 3.05) is 6.54 Å². The zero-order valence-corrected chi connectivity index (χ0v) is 12.4. The van der Waals surface area contributed by atoms with Crippen molar-refractivity contribution in [3.8, 4) is 11.5 Å². The lowest BCUT2D eigenvalue weighted by Gasteiger charge is -2.04. The Morgan fingerprint density at radius 3 is 2.68 bits per heavy atom. The zero-order chi connectivity index (χ0) is 15.9. The average molecular weight is 297 g/mol. The molecule has 0 aliphatic heterocycles. The highest BCUT2D eigenvalue weighted by molar-refractivity contribution is 5.91. The SMILES string of the molecule is Cc1cccc(CCNC(=O)C=Cc2ccc(O)c(O)c2)c1. The van der Waals surface area contributed by atoms with E-state index >= 15 is 0 Å². The minimum atomic E-state index is -0.206. The van der Waals surface area contributed by atoms with Crippen LogP contribution in [0.2, 0.25) is 0 Å². The number of benzene rings is 2. The van der Waals surface area contributed by atoms with Crippen LogP contribution in [0.1, 0.15) is 16.7 Å². The number of rotatable bonds is 5. The van der Waals surface area contributed by atoms with Gasteiger partial charge in [-0.1, -0.05) is 35.9 Å². The highest BCUT2D eigenvalue weighted by atomic mass is 16.3. The van der Waals surface area contributed by atoms with Crippen LogP contribution in [0.4, 0.5) is 0 Å². The highest BCUT2D eigenvalue weighted by Gasteiger charge is 2.00. The molecule has 0 aliphatic carbocycles. The van der Waals surface area contributed by atoms with E-state index in [-0.39, 0.29) is 17.4 Å². The van der Waals surface area contributed by atoms with Gasteiger partial charge in [-0.3, -0.25) is 4.79 Å². The second-order valence-electron chi connectivity index (χ2n) is 5.11. The van der Waals surface area contributed by atoms with Crippen molar-refractivity contribution in [1.82, 2.24) is 5.32 Å². The van der Waals surface area contributed by atoms with Crippen molar-refractivity contribution in [2.24, 2.45) is 0 Å². The molecule has 0 aliphatic rings. The van der Waals surface area contributed by atoms with E-state index in [2.05, 4.69) is 11.4 Å². The Morgan fingerprint density at radius 2 is 1.95 bits per heavy atom. The normalized spacial score (nSPS) is 10.8. The second kappa shape index (κ2) is 7.31. The summed E-state index contributed by atoms with van der Waals surface area (Å²) in [5.74, 6) is -0.582. The van der Waals surface area contributed by atoms with E-state index in [0.717, 1.165) is 6.42 Å². The van der Waals surface area contributed by atoms with E-state index in [1.54, 1.807) is 12.1 Å². The van der Waals surface area contributed by atoms with Crippen LogP contribution >= 0.6 is 0 Å². The number of amides is 1. The molecular weight excluding hydrogens is 278 g/mol. The number of phenolic OH excluding ortho intramolecular Hbond substituents is 2. The molecule has 0 heterocycles. The van der Waals surface area contributed by atoms with E-state index in [0.29, 0.717) is 12.1 Å². The van der Waals surface area contributed by atoms with Crippen LogP contribution in [-0.2, 0) is 11.2 Å². The first-order valence-electron chi connectivity index (χ1n) is 7.08. The fourth-order valence-corrected chi connectivity index (χ4v) is 2.07. The summed E-state index contributed by atoms with van der Waals surface area (Å²) in [5, 5.41) is 21.4. The summed E-state index contributed by atoms with van der Waals surface area (Å²) >= 11 is 0. The molecule has 4 nitrogen and oxygen atoms in total. The summed E-state index contributed by atoms with van der Waals surface area (Å²) in [6.07, 6.45) is 3.77. The van der Waals surface area contributed by atoms with E-state index in [9.17, 15) is 15.0 Å². The molecule has 0 radical (unpaired) electrons. The third-order valence-electron chi connectivity index (χ3n) is 3.22. The number of phenols is 2. The fraction of sp³-hybridized carbons (Fsp3) is 0.167. The van der Waals surface area contributed by atoms with Gasteiger partial charge in [-0.2, -0.15) is 0 Å². The van der Waals surface area contributed by atoms with Gasteiger partial charge in [0, 0.05) is 12.6 Å². The third-order valence-corrected chi connectivity index (χ3v) is 3.22. The summed E-state index contributed by atoms with van der Waals surface area (Å²) < 4.78 is 0. The predicted molar refractivity (Wildman–Crippen MR) is 86.7 cm³/mol. The third kappa shape index (κ3) is 4.66. The van der Waals surface area contributed by atoms with Crippen molar-refractivity contribution in [3.63, 3.8) is 0 Å². The van der Waals surface area contributed by atoms with E-state index in [1.807, 2.05) is 25.1 Å². The Bertz CT molecular complexity index is 692. The van der Waals surface area contributed by atoms with Crippen LogP contribution < -0.4 is 5.32 Å². The molecule has 3 N–H and O–H groups in total. The first kappa shape index (κ1) is 15.6. The number of carbonyl (C=O) groups is 1. The molecular formula is C18H19NO3. The van der Waals surface area contributed by atoms with E-state index in [1.165, 1.54) is 29.3 Å². The van der Waals surface area contributed by atoms with Gasteiger partial charge in [-0.05, 0) is 42.7 Å². The van der Waals surface area contributed by atoms with E-state index in [4.69, 9.17) is 0 Å². The summed E-state index contributed by atoms with van der Waals surface area (Å²) in [6, 6.07) is 12.6. The summed E-state index contributed by atoms with van der Waals surface area (Å²) in [5.41, 5.74) is 3.03. The Hall–Kier alpha value is -2.75. The number of hydrogen-bond donors (Lipinski definition) is 3. The molecule has 2 aromatic rings. The number of carbonyl (C=O) groups excluding carboxylic acids is 1. The van der Waals surface area contributed by atoms with Crippen molar-refractivity contribution < 1.29 is 15.0 Å². The fourth-order valence-electron chi connectivity index (χ4n) is 2.07. The minimum absolute atomic E-state index is 0.181. The van der Waals surface area contributed by atoms with Crippen LogP contribution in [0.25, 0.3) is 6.08 Å². The lowest BCUT2D eigenvalue weighted by molar-refractivity contribution is -0.116. The lowest BCUT2D eigenvalue weighted by atomic mass is 10.1. The largest absolute Gasteiger partial charge is 0.504 e. The van der Waals surface area contributed by atoms with Crippen LogP contribution in [0.3, 0.4) is 0 Å². The Morgan fingerprint density at radius 1 is 1.14 bits per heavy atom. The summed E-state index contributed by atoms with van der Waals surface area (Å²) in [4.78, 5) is 11.7. The molecule has 4 heteroatoms. The first-order chi connectivity index (χ1) is 10.5. The number of nitrogens with one attached hydrogen (secondary N) is 1. The Labute approximate surface area is 129 Å². The van der Waals surface area contributed by atoms with Crippen LogP contribution in [0, 0.1) is 6.92 Å². The van der Waals surface area contributed by atoms with Crippen molar-refractivity contribution in [2.45, 2.75) is 13.3 Å². The van der Waals surface area contributed by atoms with Crippen LogP contribution in [-0.4, -0.2) is 22.7 Å². The van der Waals surface area contributed by atoms with Gasteiger partial charge in [0.25, 0.3) is 0 Å². The molecule has 0 atom stereocenters. The van der Waals surface area contributed by atoms with Gasteiger partial charge >= 0.3 is 0 Å². The summed E-state index contributed by atoms with van der Waals surface area (Å²) in [6.45, 7) is 2.60. The molecule has 114 valence electrons. The van der Waals surface area contributed by atoms with Gasteiger partial charge in [0.1, 0.15) is 0 Å². The molecule has 22 heavy (non-hydrogen) atoms. The van der Waals surface area contributed by atoms with Gasteiger partial charge in [-0.25, -0.2) is 0 Å². The molecule has 2 aromatic carbocycles. The van der Waals surface area contributed by atoms with Gasteiger partial charge < -0.3 is 15.5 Å². The number of aromatic hydroxyl groups is 2. The number of aryl methyl sites for hydroxylation is 1. The van der Waals surface area contributed by atoms with Gasteiger partial charge in [0.2, 0.25) is 5.91 Å². The predicted octanol–water partition coefficient (Wildman–Crippen LogP) is 2.78. The van der Waals surface area contributed by atoms with Gasteiger partial charge in [-0.15, -0.1) is 0 Å². The smallest absolute Gasteiger partial charge is 0.244 e. The van der Waals surface area contributed by atoms with Crippen LogP contribution in [0.5, 0.6) is 11.5 Å². The van der Waals surface area contributed by atoms with Crippen molar-refractivity contribution in [3.05, 3.63) is 65.2 Å². The van der Waals surface area contributed by atoms with E-state index < -0.39 is 0 Å². The number of hydrogen-bond acceptors (Lipinski definition) is 3. The molecule has 0 bridgehead atoms. The van der Waals surface area contributed by atoms with Gasteiger partial charge in [0.15, 0.2) is 11.5 Å². The first-order valence-corrected chi connectivity index (χ1v) is 7.08. The molecule has 0 spiro atoms. The van der Waals surface area contributed by atoms with Gasteiger partial charge in [0.05, 0.1) is 0 Å². The summed E-state index contributed by atoms with van der Waals surface area (Å²) in [7, 11) is 0. The lowest BCUT2D eigenvalue weighted by Crippen LogP contribution is -2.23. The average Bonchev–Trinajstić information content (AvgIpc) is 2.48. The Kier molecular flexibility index (Phi) is 5.20. The molecule has 0 fully saturated rings. The topological polar surface area (TPSA) is 69.6 Å². The molecule has 0 aromatic heterocycles. The molecule has 0 saturated carbocycles. The Balaban J connectivity index is 1.82. The van der Waals surface area contributed by atoms with Crippen molar-refractivity contribution >= 4 is 12.0 Å². The quantitative estimate of drug-likeness (QED) is 0.587. The molecule has 0 saturated heterocycles. The maximum Gasteiger partial charge on any atom is 0.244 e. The standard InChI is InChI=1S/C18H19NO3/c1-13-3-2-4-14(11-13)9-10-19-18(22)8-6-15-5-7-16(20)17(21)12-15/h2-8,11-12,20-21H,9-10H2,1H3,(H,19,22). The monoisotopic (exact) mass is 297 g/mol. The van der Waals surface area contributed by atoms with Crippen LogP contribution in [0.15, 0.2) is 48.5 Å². The van der Waals surface area contributed by atoms with Crippen molar-refractivity contribution in [1.29, 1.82) is 0 Å². The molecule has 1 amide bonds.